The number of rotatable bonds is 4. The van der Waals surface area contributed by atoms with Gasteiger partial charge in [-0.2, -0.15) is 9.30 Å². The van der Waals surface area contributed by atoms with Crippen LogP contribution in [0.3, 0.4) is 0 Å². The average molecular weight is 458 g/mol. The summed E-state index contributed by atoms with van der Waals surface area (Å²) in [5.41, 5.74) is 2.60. The Morgan fingerprint density at radius 3 is 2.61 bits per heavy atom. The van der Waals surface area contributed by atoms with E-state index in [1.807, 2.05) is 18.4 Å². The number of thiazole rings is 1. The molecule has 1 aliphatic heterocycles. The van der Waals surface area contributed by atoms with Gasteiger partial charge in [0.1, 0.15) is 0 Å². The fourth-order valence-electron chi connectivity index (χ4n) is 4.01. The van der Waals surface area contributed by atoms with Crippen molar-refractivity contribution in [3.63, 3.8) is 0 Å². The second-order valence-electron chi connectivity index (χ2n) is 8.15. The molecule has 31 heavy (non-hydrogen) atoms. The van der Waals surface area contributed by atoms with Crippen LogP contribution in [-0.2, 0) is 16.6 Å². The highest BCUT2D eigenvalue weighted by Gasteiger charge is 2.28. The molecule has 0 N–H and O–H groups in total. The smallest absolute Gasteiger partial charge is 0.279 e. The number of fused-ring (bicyclic) bond motifs is 1. The van der Waals surface area contributed by atoms with E-state index in [1.54, 1.807) is 16.4 Å². The Hall–Kier alpha value is -2.29. The number of aryl methyl sites for hydroxylation is 2. The first kappa shape index (κ1) is 21.9. The number of carbonyl (C=O) groups excluding carboxylic acids is 1. The van der Waals surface area contributed by atoms with E-state index in [0.717, 1.165) is 28.6 Å². The molecule has 6 nitrogen and oxygen atoms in total. The molecule has 1 aromatic heterocycles. The highest BCUT2D eigenvalue weighted by atomic mass is 32.2. The summed E-state index contributed by atoms with van der Waals surface area (Å²) < 4.78 is 30.5. The third-order valence-electron chi connectivity index (χ3n) is 5.71. The molecule has 1 saturated heterocycles. The number of aromatic nitrogens is 1. The van der Waals surface area contributed by atoms with Gasteiger partial charge in [-0.05, 0) is 74.6 Å². The van der Waals surface area contributed by atoms with Gasteiger partial charge >= 0.3 is 0 Å². The average Bonchev–Trinajstić information content (AvgIpc) is 3.09. The molecule has 1 amide bonds. The van der Waals surface area contributed by atoms with Crippen molar-refractivity contribution in [3.8, 4) is 0 Å². The van der Waals surface area contributed by atoms with Crippen molar-refractivity contribution in [2.45, 2.75) is 45.1 Å². The van der Waals surface area contributed by atoms with E-state index in [-0.39, 0.29) is 10.8 Å². The summed E-state index contributed by atoms with van der Waals surface area (Å²) in [5, 5.41) is 0. The van der Waals surface area contributed by atoms with Crippen LogP contribution >= 0.6 is 11.3 Å². The van der Waals surface area contributed by atoms with Crippen molar-refractivity contribution < 1.29 is 13.2 Å². The van der Waals surface area contributed by atoms with Gasteiger partial charge < -0.3 is 4.57 Å². The lowest BCUT2D eigenvalue weighted by molar-refractivity contribution is 0.0997. The fourth-order valence-corrected chi connectivity index (χ4v) is 6.79. The molecule has 0 spiro atoms. The quantitative estimate of drug-likeness (QED) is 0.590. The maximum absolute atomic E-state index is 12.9. The maximum Gasteiger partial charge on any atom is 0.279 e. The minimum atomic E-state index is -3.54. The van der Waals surface area contributed by atoms with E-state index in [4.69, 9.17) is 0 Å². The van der Waals surface area contributed by atoms with E-state index in [1.165, 1.54) is 23.5 Å². The van der Waals surface area contributed by atoms with Gasteiger partial charge in [0.15, 0.2) is 4.80 Å². The summed E-state index contributed by atoms with van der Waals surface area (Å²) in [4.78, 5) is 18.0. The molecular formula is C23H27N3O3S2. The molecule has 2 heterocycles. The van der Waals surface area contributed by atoms with E-state index in [9.17, 15) is 13.2 Å². The van der Waals surface area contributed by atoms with Crippen molar-refractivity contribution in [3.05, 3.63) is 58.4 Å². The minimum Gasteiger partial charge on any atom is -0.317 e. The molecule has 0 radical (unpaired) electrons. The van der Waals surface area contributed by atoms with E-state index in [2.05, 4.69) is 30.1 Å². The van der Waals surface area contributed by atoms with E-state index < -0.39 is 10.0 Å². The molecule has 3 aromatic rings. The van der Waals surface area contributed by atoms with Gasteiger partial charge in [0.05, 0.1) is 15.1 Å². The van der Waals surface area contributed by atoms with E-state index >= 15 is 0 Å². The fraction of sp³-hybridized carbons (Fsp3) is 0.391. The molecule has 1 fully saturated rings. The van der Waals surface area contributed by atoms with Crippen LogP contribution in [0.5, 0.6) is 0 Å². The van der Waals surface area contributed by atoms with Crippen LogP contribution in [0.2, 0.25) is 0 Å². The molecule has 1 unspecified atom stereocenters. The van der Waals surface area contributed by atoms with Crippen molar-refractivity contribution in [1.29, 1.82) is 0 Å². The predicted octanol–water partition coefficient (Wildman–Crippen LogP) is 4.19. The highest BCUT2D eigenvalue weighted by Crippen LogP contribution is 2.24. The summed E-state index contributed by atoms with van der Waals surface area (Å²) in [5.74, 6) is -0.0143. The Labute approximate surface area is 186 Å². The first-order valence-corrected chi connectivity index (χ1v) is 12.8. The summed E-state index contributed by atoms with van der Waals surface area (Å²) >= 11 is 1.48. The molecule has 1 atom stereocenters. The summed E-state index contributed by atoms with van der Waals surface area (Å²) in [6.07, 6.45) is 1.93. The topological polar surface area (TPSA) is 71.7 Å². The Morgan fingerprint density at radius 2 is 1.94 bits per heavy atom. The molecule has 0 aliphatic carbocycles. The van der Waals surface area contributed by atoms with Crippen molar-refractivity contribution in [2.75, 3.05) is 13.1 Å². The number of hydrogen-bond donors (Lipinski definition) is 0. The molecule has 0 bridgehead atoms. The molecule has 0 saturated carbocycles. The lowest BCUT2D eigenvalue weighted by Crippen LogP contribution is -2.39. The molecule has 164 valence electrons. The summed E-state index contributed by atoms with van der Waals surface area (Å²) in [6, 6.07) is 12.3. The zero-order valence-electron chi connectivity index (χ0n) is 18.0. The van der Waals surface area contributed by atoms with Gasteiger partial charge in [-0.1, -0.05) is 24.3 Å². The number of carbonyl (C=O) groups is 1. The Balaban J connectivity index is 1.63. The zero-order chi connectivity index (χ0) is 22.2. The normalized spacial score (nSPS) is 18.5. The van der Waals surface area contributed by atoms with Gasteiger partial charge in [-0.3, -0.25) is 4.79 Å². The maximum atomic E-state index is 12.9. The Morgan fingerprint density at radius 1 is 1.19 bits per heavy atom. The number of amides is 1. The third kappa shape index (κ3) is 4.37. The molecule has 1 aliphatic rings. The zero-order valence-corrected chi connectivity index (χ0v) is 19.7. The lowest BCUT2D eigenvalue weighted by atomic mass is 10.0. The van der Waals surface area contributed by atoms with Crippen LogP contribution in [0.1, 0.15) is 42.6 Å². The predicted molar refractivity (Wildman–Crippen MR) is 124 cm³/mol. The standard InChI is InChI=1S/C23H27N3O3S2/c1-4-26-20-12-7-16(2)14-21(20)30-23(26)24-22(27)18-8-10-19(11-9-18)31(28,29)25-13-5-6-17(3)15-25/h7-12,14,17H,4-6,13,15H2,1-3H3. The van der Waals surface area contributed by atoms with Gasteiger partial charge in [-0.15, -0.1) is 0 Å². The SMILES string of the molecule is CCn1c(=NC(=O)c2ccc(S(=O)(=O)N3CCCC(C)C3)cc2)sc2cc(C)ccc21. The number of benzene rings is 2. The van der Waals surface area contributed by atoms with Crippen molar-refractivity contribution in [2.24, 2.45) is 10.9 Å². The Kier molecular flexibility index (Phi) is 6.14. The lowest BCUT2D eigenvalue weighted by Gasteiger charge is -2.30. The molecule has 8 heteroatoms. The molecule has 4 rings (SSSR count). The number of piperidine rings is 1. The van der Waals surface area contributed by atoms with Crippen molar-refractivity contribution in [1.82, 2.24) is 8.87 Å². The largest absolute Gasteiger partial charge is 0.317 e. The highest BCUT2D eigenvalue weighted by molar-refractivity contribution is 7.89. The number of sulfonamides is 1. The summed E-state index contributed by atoms with van der Waals surface area (Å²) in [7, 11) is -3.54. The van der Waals surface area contributed by atoms with Crippen LogP contribution in [0, 0.1) is 12.8 Å². The molecule has 2 aromatic carbocycles. The first-order valence-electron chi connectivity index (χ1n) is 10.6. The third-order valence-corrected chi connectivity index (χ3v) is 8.63. The van der Waals surface area contributed by atoms with Gasteiger partial charge in [0.2, 0.25) is 10.0 Å². The van der Waals surface area contributed by atoms with Crippen LogP contribution in [0.4, 0.5) is 0 Å². The Bertz CT molecular complexity index is 1290. The van der Waals surface area contributed by atoms with E-state index in [0.29, 0.717) is 35.9 Å². The van der Waals surface area contributed by atoms with Crippen LogP contribution in [-0.4, -0.2) is 36.3 Å². The van der Waals surface area contributed by atoms with Gasteiger partial charge in [0, 0.05) is 25.2 Å². The summed E-state index contributed by atoms with van der Waals surface area (Å²) in [6.45, 7) is 7.93. The number of nitrogens with zero attached hydrogens (tertiary/aromatic N) is 3. The molecular weight excluding hydrogens is 430 g/mol. The van der Waals surface area contributed by atoms with Gasteiger partial charge in [0.25, 0.3) is 5.91 Å². The van der Waals surface area contributed by atoms with Gasteiger partial charge in [-0.25, -0.2) is 8.42 Å². The van der Waals surface area contributed by atoms with Crippen LogP contribution < -0.4 is 4.80 Å². The second kappa shape index (κ2) is 8.68. The second-order valence-corrected chi connectivity index (χ2v) is 11.1. The monoisotopic (exact) mass is 457 g/mol. The first-order chi connectivity index (χ1) is 14.8. The van der Waals surface area contributed by atoms with Crippen LogP contribution in [0.25, 0.3) is 10.2 Å². The minimum absolute atomic E-state index is 0.221. The van der Waals surface area contributed by atoms with Crippen LogP contribution in [0.15, 0.2) is 52.4 Å². The number of hydrogen-bond acceptors (Lipinski definition) is 4. The van der Waals surface area contributed by atoms with Crippen molar-refractivity contribution >= 4 is 37.5 Å².